The second kappa shape index (κ2) is 6.34. The normalized spacial score (nSPS) is 18.1. The minimum absolute atomic E-state index is 0.421. The Morgan fingerprint density at radius 2 is 2.42 bits per heavy atom. The van der Waals surface area contributed by atoms with Crippen LogP contribution in [-0.2, 0) is 16.0 Å². The van der Waals surface area contributed by atoms with Crippen LogP contribution in [-0.4, -0.2) is 42.9 Å². The summed E-state index contributed by atoms with van der Waals surface area (Å²) in [7, 11) is 1.68. The van der Waals surface area contributed by atoms with E-state index in [4.69, 9.17) is 4.74 Å². The number of aliphatic carboxylic acids is 1. The highest BCUT2D eigenvalue weighted by atomic mass is 32.1. The van der Waals surface area contributed by atoms with Crippen molar-refractivity contribution in [1.82, 2.24) is 4.98 Å². The first-order chi connectivity index (χ1) is 9.17. The molecule has 0 saturated heterocycles. The van der Waals surface area contributed by atoms with Gasteiger partial charge >= 0.3 is 5.97 Å². The van der Waals surface area contributed by atoms with Gasteiger partial charge in [0.05, 0.1) is 12.3 Å². The van der Waals surface area contributed by atoms with Crippen molar-refractivity contribution in [1.29, 1.82) is 0 Å². The van der Waals surface area contributed by atoms with Gasteiger partial charge in [-0.1, -0.05) is 0 Å². The number of fused-ring (bicyclic) bond motifs is 1. The zero-order chi connectivity index (χ0) is 13.8. The molecule has 1 aromatic rings. The van der Waals surface area contributed by atoms with E-state index >= 15 is 0 Å². The first-order valence-corrected chi connectivity index (χ1v) is 7.45. The molecular formula is C13H20N2O3S. The van der Waals surface area contributed by atoms with Crippen molar-refractivity contribution in [3.63, 3.8) is 0 Å². The van der Waals surface area contributed by atoms with Crippen LogP contribution in [0.4, 0.5) is 5.13 Å². The molecule has 0 fully saturated rings. The number of thiazole rings is 1. The van der Waals surface area contributed by atoms with Crippen LogP contribution < -0.4 is 4.90 Å². The first-order valence-electron chi connectivity index (χ1n) is 6.63. The fraction of sp³-hybridized carbons (Fsp3) is 0.692. The van der Waals surface area contributed by atoms with Crippen molar-refractivity contribution in [2.75, 3.05) is 31.7 Å². The molecule has 1 heterocycles. The van der Waals surface area contributed by atoms with Crippen molar-refractivity contribution >= 4 is 22.4 Å². The number of aromatic nitrogens is 1. The lowest BCUT2D eigenvalue weighted by atomic mass is 9.91. The third kappa shape index (κ3) is 3.06. The molecule has 0 bridgehead atoms. The Labute approximate surface area is 117 Å². The summed E-state index contributed by atoms with van der Waals surface area (Å²) >= 11 is 1.64. The lowest BCUT2D eigenvalue weighted by Crippen LogP contribution is -2.26. The molecule has 1 aromatic heterocycles. The number of methoxy groups -OCH3 is 1. The standard InChI is InChI=1S/C13H20N2O3S/c1-3-15(7-8-18-2)13-14-11-9(12(16)17)5-4-6-10(11)19-13/h9H,3-8H2,1-2H3,(H,16,17). The fourth-order valence-electron chi connectivity index (χ4n) is 2.37. The minimum atomic E-state index is -0.752. The summed E-state index contributed by atoms with van der Waals surface area (Å²) in [5, 5.41) is 10.2. The van der Waals surface area contributed by atoms with Crippen LogP contribution >= 0.6 is 11.3 Å². The molecule has 106 valence electrons. The summed E-state index contributed by atoms with van der Waals surface area (Å²) in [5.74, 6) is -1.17. The van der Waals surface area contributed by atoms with Gasteiger partial charge in [0, 0.05) is 25.1 Å². The van der Waals surface area contributed by atoms with Gasteiger partial charge in [0.1, 0.15) is 5.92 Å². The lowest BCUT2D eigenvalue weighted by Gasteiger charge is -2.19. The quantitative estimate of drug-likeness (QED) is 0.867. The zero-order valence-corrected chi connectivity index (χ0v) is 12.2. The van der Waals surface area contributed by atoms with Crippen LogP contribution in [0.5, 0.6) is 0 Å². The van der Waals surface area contributed by atoms with E-state index in [0.717, 1.165) is 41.6 Å². The molecule has 0 aliphatic heterocycles. The number of ether oxygens (including phenoxy) is 1. The fourth-order valence-corrected chi connectivity index (χ4v) is 3.62. The molecule has 1 N–H and O–H groups in total. The number of anilines is 1. The number of hydrogen-bond acceptors (Lipinski definition) is 5. The van der Waals surface area contributed by atoms with Crippen molar-refractivity contribution < 1.29 is 14.6 Å². The number of carboxylic acid groups (broad SMARTS) is 1. The molecule has 5 nitrogen and oxygen atoms in total. The number of hydrogen-bond donors (Lipinski definition) is 1. The smallest absolute Gasteiger partial charge is 0.312 e. The Balaban J connectivity index is 2.22. The Morgan fingerprint density at radius 1 is 1.63 bits per heavy atom. The van der Waals surface area contributed by atoms with E-state index < -0.39 is 11.9 Å². The summed E-state index contributed by atoms with van der Waals surface area (Å²) in [6.45, 7) is 4.37. The highest BCUT2D eigenvalue weighted by Crippen LogP contribution is 2.37. The van der Waals surface area contributed by atoms with E-state index in [0.29, 0.717) is 13.0 Å². The second-order valence-corrected chi connectivity index (χ2v) is 5.72. The van der Waals surface area contributed by atoms with Crippen LogP contribution in [0.1, 0.15) is 36.3 Å². The molecule has 0 saturated carbocycles. The molecular weight excluding hydrogens is 264 g/mol. The largest absolute Gasteiger partial charge is 0.481 e. The van der Waals surface area contributed by atoms with Crippen molar-refractivity contribution in [3.8, 4) is 0 Å². The minimum Gasteiger partial charge on any atom is -0.481 e. The molecule has 1 unspecified atom stereocenters. The monoisotopic (exact) mass is 284 g/mol. The van der Waals surface area contributed by atoms with Gasteiger partial charge in [-0.25, -0.2) is 4.98 Å². The number of aryl methyl sites for hydroxylation is 1. The number of carboxylic acids is 1. The van der Waals surface area contributed by atoms with Gasteiger partial charge in [-0.2, -0.15) is 0 Å². The maximum absolute atomic E-state index is 11.3. The van der Waals surface area contributed by atoms with Crippen LogP contribution in [0.25, 0.3) is 0 Å². The molecule has 19 heavy (non-hydrogen) atoms. The Hall–Kier alpha value is -1.14. The average Bonchev–Trinajstić information content (AvgIpc) is 2.82. The highest BCUT2D eigenvalue weighted by Gasteiger charge is 2.30. The molecule has 0 amide bonds. The zero-order valence-electron chi connectivity index (χ0n) is 11.4. The molecule has 0 radical (unpaired) electrons. The van der Waals surface area contributed by atoms with Crippen molar-refractivity contribution in [3.05, 3.63) is 10.6 Å². The van der Waals surface area contributed by atoms with Crippen LogP contribution in [0.15, 0.2) is 0 Å². The maximum atomic E-state index is 11.3. The molecule has 1 aliphatic carbocycles. The number of rotatable bonds is 6. The van der Waals surface area contributed by atoms with E-state index in [1.54, 1.807) is 18.4 Å². The van der Waals surface area contributed by atoms with Gasteiger partial charge < -0.3 is 14.7 Å². The van der Waals surface area contributed by atoms with Crippen molar-refractivity contribution in [2.45, 2.75) is 32.1 Å². The molecule has 0 aromatic carbocycles. The Kier molecular flexibility index (Phi) is 4.76. The maximum Gasteiger partial charge on any atom is 0.312 e. The lowest BCUT2D eigenvalue weighted by molar-refractivity contribution is -0.139. The van der Waals surface area contributed by atoms with E-state index in [-0.39, 0.29) is 0 Å². The Bertz CT molecular complexity index is 447. The highest BCUT2D eigenvalue weighted by molar-refractivity contribution is 7.15. The summed E-state index contributed by atoms with van der Waals surface area (Å²) in [5.41, 5.74) is 0.787. The number of carbonyl (C=O) groups is 1. The topological polar surface area (TPSA) is 62.7 Å². The van der Waals surface area contributed by atoms with Crippen molar-refractivity contribution in [2.24, 2.45) is 0 Å². The van der Waals surface area contributed by atoms with E-state index in [2.05, 4.69) is 16.8 Å². The van der Waals surface area contributed by atoms with Gasteiger partial charge in [0.25, 0.3) is 0 Å². The van der Waals surface area contributed by atoms with Gasteiger partial charge in [0.2, 0.25) is 0 Å². The van der Waals surface area contributed by atoms with E-state index in [9.17, 15) is 9.90 Å². The summed E-state index contributed by atoms with van der Waals surface area (Å²) in [4.78, 5) is 19.1. The van der Waals surface area contributed by atoms with E-state index in [1.165, 1.54) is 0 Å². The van der Waals surface area contributed by atoms with Crippen LogP contribution in [0.2, 0.25) is 0 Å². The van der Waals surface area contributed by atoms with Crippen LogP contribution in [0, 0.1) is 0 Å². The summed E-state index contributed by atoms with van der Waals surface area (Å²) in [6, 6.07) is 0. The molecule has 0 spiro atoms. The van der Waals surface area contributed by atoms with Crippen LogP contribution in [0.3, 0.4) is 0 Å². The third-order valence-electron chi connectivity index (χ3n) is 3.46. The predicted molar refractivity (Wildman–Crippen MR) is 75.2 cm³/mol. The van der Waals surface area contributed by atoms with Gasteiger partial charge in [-0.05, 0) is 26.2 Å². The third-order valence-corrected chi connectivity index (χ3v) is 4.65. The first kappa shape index (κ1) is 14.3. The second-order valence-electron chi connectivity index (χ2n) is 4.66. The summed E-state index contributed by atoms with van der Waals surface area (Å²) < 4.78 is 5.10. The number of likely N-dealkylation sites (N-methyl/N-ethyl adjacent to an activating group) is 1. The predicted octanol–water partition coefficient (Wildman–Crippen LogP) is 2.12. The molecule has 6 heteroatoms. The summed E-state index contributed by atoms with van der Waals surface area (Å²) in [6.07, 6.45) is 2.60. The number of nitrogens with zero attached hydrogens (tertiary/aromatic N) is 2. The Morgan fingerprint density at radius 3 is 3.05 bits per heavy atom. The average molecular weight is 284 g/mol. The SMILES string of the molecule is CCN(CCOC)c1nc2c(s1)CCCC2C(=O)O. The molecule has 2 rings (SSSR count). The van der Waals surface area contributed by atoms with E-state index in [1.807, 2.05) is 0 Å². The van der Waals surface area contributed by atoms with Gasteiger partial charge in [-0.3, -0.25) is 4.79 Å². The van der Waals surface area contributed by atoms with Gasteiger partial charge in [0.15, 0.2) is 5.13 Å². The molecule has 1 atom stereocenters. The van der Waals surface area contributed by atoms with Gasteiger partial charge in [-0.15, -0.1) is 11.3 Å². The molecule has 1 aliphatic rings.